The number of hydrogen-bond donors (Lipinski definition) is 0. The van der Waals surface area contributed by atoms with Gasteiger partial charge in [0, 0.05) is 17.1 Å². The van der Waals surface area contributed by atoms with Crippen molar-refractivity contribution in [3.05, 3.63) is 194 Å². The van der Waals surface area contributed by atoms with E-state index in [0.717, 1.165) is 68.2 Å². The second kappa shape index (κ2) is 13.9. The highest BCUT2D eigenvalue weighted by molar-refractivity contribution is 5.95. The topological polar surface area (TPSA) is 24.9 Å². The molecule has 0 aromatic heterocycles. The average molecular weight is 695 g/mol. The van der Waals surface area contributed by atoms with Crippen molar-refractivity contribution in [3.63, 3.8) is 0 Å². The van der Waals surface area contributed by atoms with Gasteiger partial charge in [0.1, 0.15) is 5.69 Å². The number of benzene rings is 8. The van der Waals surface area contributed by atoms with Crippen LogP contribution in [-0.4, -0.2) is 0 Å². The zero-order chi connectivity index (χ0) is 36.4. The number of rotatable bonds is 6. The molecular formula is C50H34N2O2. The highest BCUT2D eigenvalue weighted by Crippen LogP contribution is 2.60. The molecule has 2 aliphatic heterocycles. The molecule has 0 saturated heterocycles. The van der Waals surface area contributed by atoms with Crippen molar-refractivity contribution in [2.24, 2.45) is 0 Å². The van der Waals surface area contributed by atoms with Gasteiger partial charge in [-0.2, -0.15) is 0 Å². The van der Waals surface area contributed by atoms with Crippen molar-refractivity contribution in [1.82, 2.24) is 0 Å². The molecule has 0 bridgehead atoms. The van der Waals surface area contributed by atoms with Gasteiger partial charge in [-0.15, -0.1) is 12.8 Å². The van der Waals surface area contributed by atoms with E-state index in [4.69, 9.17) is 9.47 Å². The summed E-state index contributed by atoms with van der Waals surface area (Å²) < 4.78 is 13.2. The largest absolute Gasteiger partial charge is 0.453 e. The van der Waals surface area contributed by atoms with Gasteiger partial charge in [0.25, 0.3) is 0 Å². The SMILES string of the molecule is C#C.c1ccc(-c2ccc(N(c3ccc(-c4ccccc4)cc3)c3cccc(-c4cc5c6c(c4)Oc4ccccc4N6c4ccccc4O5)c3)cc2)cc1. The highest BCUT2D eigenvalue weighted by atomic mass is 16.5. The average Bonchev–Trinajstić information content (AvgIpc) is 3.25. The number of hydrogen-bond acceptors (Lipinski definition) is 4. The standard InChI is InChI=1S/C48H32N2O2.C2H2/c1-3-12-33(13-4-1)35-22-26-39(27-23-35)49(40-28-24-36(25-29-40)34-14-5-2-6-15-34)41-17-11-16-37(30-41)38-31-46-48-47(32-38)52-45-21-10-8-19-43(45)50(48)42-18-7-9-20-44(42)51-46;1-2/h1-32H;1-2H. The number of para-hydroxylation sites is 4. The summed E-state index contributed by atoms with van der Waals surface area (Å²) in [6.07, 6.45) is 8.00. The number of ether oxygens (including phenoxy) is 2. The van der Waals surface area contributed by atoms with Gasteiger partial charge in [0.2, 0.25) is 0 Å². The molecule has 8 aromatic carbocycles. The smallest absolute Gasteiger partial charge is 0.156 e. The Hall–Kier alpha value is -7.48. The molecule has 0 N–H and O–H groups in total. The molecule has 0 aliphatic carbocycles. The van der Waals surface area contributed by atoms with Crippen LogP contribution in [0.15, 0.2) is 194 Å². The Balaban J connectivity index is 0.00000189. The molecule has 0 amide bonds. The fourth-order valence-electron chi connectivity index (χ4n) is 7.33. The predicted octanol–water partition coefficient (Wildman–Crippen LogP) is 14.1. The fraction of sp³-hybridized carbons (Fsp3) is 0. The molecule has 54 heavy (non-hydrogen) atoms. The first-order valence-corrected chi connectivity index (χ1v) is 17.8. The van der Waals surface area contributed by atoms with Crippen LogP contribution in [0.1, 0.15) is 0 Å². The summed E-state index contributed by atoms with van der Waals surface area (Å²) in [5, 5.41) is 0. The second-order valence-corrected chi connectivity index (χ2v) is 13.0. The van der Waals surface area contributed by atoms with Crippen LogP contribution in [0.25, 0.3) is 33.4 Å². The second-order valence-electron chi connectivity index (χ2n) is 13.0. The van der Waals surface area contributed by atoms with Crippen LogP contribution < -0.4 is 19.3 Å². The third kappa shape index (κ3) is 5.81. The monoisotopic (exact) mass is 694 g/mol. The first-order valence-electron chi connectivity index (χ1n) is 17.8. The normalized spacial score (nSPS) is 11.7. The van der Waals surface area contributed by atoms with Crippen molar-refractivity contribution < 1.29 is 9.47 Å². The molecule has 0 unspecified atom stereocenters. The summed E-state index contributed by atoms with van der Waals surface area (Å²) in [6.45, 7) is 0. The van der Waals surface area contributed by atoms with Crippen LogP contribution in [0.2, 0.25) is 0 Å². The maximum Gasteiger partial charge on any atom is 0.156 e. The van der Waals surface area contributed by atoms with E-state index in [9.17, 15) is 0 Å². The van der Waals surface area contributed by atoms with Crippen LogP contribution in [0.4, 0.5) is 34.1 Å². The minimum atomic E-state index is 0.760. The van der Waals surface area contributed by atoms with Crippen LogP contribution in [0.3, 0.4) is 0 Å². The molecule has 4 heteroatoms. The molecule has 0 atom stereocenters. The number of anilines is 6. The Morgan fingerprint density at radius 2 is 0.759 bits per heavy atom. The molecule has 8 aromatic rings. The van der Waals surface area contributed by atoms with Crippen LogP contribution in [0.5, 0.6) is 23.0 Å². The zero-order valence-corrected chi connectivity index (χ0v) is 29.3. The van der Waals surface area contributed by atoms with Gasteiger partial charge in [-0.05, 0) is 106 Å². The van der Waals surface area contributed by atoms with E-state index >= 15 is 0 Å². The zero-order valence-electron chi connectivity index (χ0n) is 29.3. The van der Waals surface area contributed by atoms with Gasteiger partial charge >= 0.3 is 0 Å². The number of terminal acetylenes is 1. The Bertz CT molecular complexity index is 2460. The molecule has 2 heterocycles. The van der Waals surface area contributed by atoms with Gasteiger partial charge < -0.3 is 14.4 Å². The molecule has 4 nitrogen and oxygen atoms in total. The third-order valence-corrected chi connectivity index (χ3v) is 9.82. The molecule has 0 saturated carbocycles. The minimum Gasteiger partial charge on any atom is -0.453 e. The van der Waals surface area contributed by atoms with Crippen molar-refractivity contribution >= 4 is 34.1 Å². The summed E-state index contributed by atoms with van der Waals surface area (Å²) in [5.41, 5.74) is 12.9. The molecular weight excluding hydrogens is 661 g/mol. The van der Waals surface area contributed by atoms with E-state index in [1.807, 2.05) is 36.4 Å². The molecule has 0 fully saturated rings. The predicted molar refractivity (Wildman–Crippen MR) is 222 cm³/mol. The maximum absolute atomic E-state index is 6.58. The highest BCUT2D eigenvalue weighted by Gasteiger charge is 2.35. The lowest BCUT2D eigenvalue weighted by molar-refractivity contribution is 0.446. The number of nitrogens with zero attached hydrogens (tertiary/aromatic N) is 2. The summed E-state index contributed by atoms with van der Waals surface area (Å²) >= 11 is 0. The van der Waals surface area contributed by atoms with E-state index in [0.29, 0.717) is 0 Å². The third-order valence-electron chi connectivity index (χ3n) is 9.82. The lowest BCUT2D eigenvalue weighted by Crippen LogP contribution is -2.20. The number of fused-ring (bicyclic) bond motifs is 4. The van der Waals surface area contributed by atoms with Crippen LogP contribution in [0, 0.1) is 12.8 Å². The summed E-state index contributed by atoms with van der Waals surface area (Å²) in [4.78, 5) is 4.57. The fourth-order valence-corrected chi connectivity index (χ4v) is 7.33. The Morgan fingerprint density at radius 1 is 0.333 bits per heavy atom. The first kappa shape index (κ1) is 32.4. The van der Waals surface area contributed by atoms with Crippen molar-refractivity contribution in [2.75, 3.05) is 9.80 Å². The van der Waals surface area contributed by atoms with Gasteiger partial charge in [0.05, 0.1) is 11.4 Å². The quantitative estimate of drug-likeness (QED) is 0.162. The van der Waals surface area contributed by atoms with Gasteiger partial charge in [-0.25, -0.2) is 0 Å². The summed E-state index contributed by atoms with van der Waals surface area (Å²) in [5.74, 6) is 3.15. The summed E-state index contributed by atoms with van der Waals surface area (Å²) in [7, 11) is 0. The van der Waals surface area contributed by atoms with E-state index in [2.05, 4.69) is 180 Å². The summed E-state index contributed by atoms with van der Waals surface area (Å²) in [6, 6.07) is 67.9. The van der Waals surface area contributed by atoms with E-state index in [-0.39, 0.29) is 0 Å². The van der Waals surface area contributed by atoms with Crippen LogP contribution >= 0.6 is 0 Å². The molecule has 0 spiro atoms. The lowest BCUT2D eigenvalue weighted by atomic mass is 9.99. The lowest BCUT2D eigenvalue weighted by Gasteiger charge is -2.38. The molecule has 2 aliphatic rings. The van der Waals surface area contributed by atoms with Crippen LogP contribution in [-0.2, 0) is 0 Å². The van der Waals surface area contributed by atoms with E-state index in [1.165, 1.54) is 22.3 Å². The molecule has 256 valence electrons. The Labute approximate surface area is 315 Å². The minimum absolute atomic E-state index is 0.760. The Kier molecular flexibility index (Phi) is 8.36. The maximum atomic E-state index is 6.58. The van der Waals surface area contributed by atoms with Crippen molar-refractivity contribution in [2.45, 2.75) is 0 Å². The van der Waals surface area contributed by atoms with Gasteiger partial charge in [-0.3, -0.25) is 4.90 Å². The van der Waals surface area contributed by atoms with Crippen molar-refractivity contribution in [1.29, 1.82) is 0 Å². The van der Waals surface area contributed by atoms with Gasteiger partial charge in [-0.1, -0.05) is 121 Å². The van der Waals surface area contributed by atoms with Crippen molar-refractivity contribution in [3.8, 4) is 69.2 Å². The van der Waals surface area contributed by atoms with E-state index < -0.39 is 0 Å². The molecule has 10 rings (SSSR count). The van der Waals surface area contributed by atoms with E-state index in [1.54, 1.807) is 0 Å². The molecule has 0 radical (unpaired) electrons. The Morgan fingerprint density at radius 3 is 1.26 bits per heavy atom. The first-order chi connectivity index (χ1) is 26.8. The van der Waals surface area contributed by atoms with Gasteiger partial charge in [0.15, 0.2) is 23.0 Å².